The van der Waals surface area contributed by atoms with Crippen molar-refractivity contribution in [3.05, 3.63) is 57.5 Å². The van der Waals surface area contributed by atoms with E-state index in [0.717, 1.165) is 0 Å². The molecule has 1 atom stereocenters. The lowest BCUT2D eigenvalue weighted by Gasteiger charge is -2.17. The van der Waals surface area contributed by atoms with Gasteiger partial charge in [-0.2, -0.15) is 0 Å². The number of benzene rings is 2. The van der Waals surface area contributed by atoms with Gasteiger partial charge in [0.05, 0.1) is 26.7 Å². The van der Waals surface area contributed by atoms with E-state index in [1.807, 2.05) is 0 Å². The zero-order chi connectivity index (χ0) is 17.3. The Labute approximate surface area is 154 Å². The molecule has 0 aromatic heterocycles. The molecule has 0 aliphatic carbocycles. The van der Waals surface area contributed by atoms with E-state index in [0.29, 0.717) is 26.4 Å². The van der Waals surface area contributed by atoms with Crippen molar-refractivity contribution >= 4 is 58.0 Å². The van der Waals surface area contributed by atoms with Crippen molar-refractivity contribution in [2.45, 2.75) is 6.42 Å². The molecule has 3 rings (SSSR count). The topological polar surface area (TPSA) is 49.4 Å². The molecule has 0 radical (unpaired) electrons. The van der Waals surface area contributed by atoms with Crippen LogP contribution >= 0.6 is 34.8 Å². The third kappa shape index (κ3) is 3.51. The molecule has 1 N–H and O–H groups in total. The molecule has 0 spiro atoms. The van der Waals surface area contributed by atoms with Gasteiger partial charge in [0.1, 0.15) is 0 Å². The molecule has 1 aliphatic heterocycles. The molecular formula is C17H13Cl3N2O2. The second kappa shape index (κ2) is 7.01. The third-order valence-corrected chi connectivity index (χ3v) is 4.91. The summed E-state index contributed by atoms with van der Waals surface area (Å²) in [5.74, 6) is -0.824. The van der Waals surface area contributed by atoms with Crippen LogP contribution in [0.5, 0.6) is 0 Å². The van der Waals surface area contributed by atoms with Crippen molar-refractivity contribution in [1.29, 1.82) is 0 Å². The molecule has 7 heteroatoms. The number of nitrogens with one attached hydrogen (secondary N) is 1. The highest BCUT2D eigenvalue weighted by atomic mass is 35.5. The SMILES string of the molecule is O=C(Nc1ccccc1Cl)[C@H]1CC(=O)N(c2ccc(Cl)c(Cl)c2)C1. The first kappa shape index (κ1) is 17.1. The first-order chi connectivity index (χ1) is 11.5. The molecule has 24 heavy (non-hydrogen) atoms. The fourth-order valence-electron chi connectivity index (χ4n) is 2.58. The first-order valence-electron chi connectivity index (χ1n) is 7.26. The number of nitrogens with zero attached hydrogens (tertiary/aromatic N) is 1. The Morgan fingerprint density at radius 3 is 2.50 bits per heavy atom. The lowest BCUT2D eigenvalue weighted by atomic mass is 10.1. The minimum Gasteiger partial charge on any atom is -0.324 e. The van der Waals surface area contributed by atoms with E-state index in [9.17, 15) is 9.59 Å². The number of amides is 2. The average molecular weight is 384 g/mol. The van der Waals surface area contributed by atoms with Crippen LogP contribution in [0.1, 0.15) is 6.42 Å². The highest BCUT2D eigenvalue weighted by molar-refractivity contribution is 6.42. The molecule has 0 unspecified atom stereocenters. The van der Waals surface area contributed by atoms with Crippen molar-refractivity contribution in [2.75, 3.05) is 16.8 Å². The fraction of sp³-hybridized carbons (Fsp3) is 0.176. The van der Waals surface area contributed by atoms with Crippen LogP contribution in [0.4, 0.5) is 11.4 Å². The molecule has 4 nitrogen and oxygen atoms in total. The summed E-state index contributed by atoms with van der Waals surface area (Å²) < 4.78 is 0. The van der Waals surface area contributed by atoms with E-state index in [2.05, 4.69) is 5.32 Å². The molecule has 2 amide bonds. The van der Waals surface area contributed by atoms with Gasteiger partial charge in [0.2, 0.25) is 11.8 Å². The van der Waals surface area contributed by atoms with E-state index in [1.54, 1.807) is 47.4 Å². The molecule has 2 aromatic carbocycles. The van der Waals surface area contributed by atoms with Gasteiger partial charge in [-0.15, -0.1) is 0 Å². The van der Waals surface area contributed by atoms with Crippen molar-refractivity contribution in [1.82, 2.24) is 0 Å². The largest absolute Gasteiger partial charge is 0.324 e. The summed E-state index contributed by atoms with van der Waals surface area (Å²) in [7, 11) is 0. The van der Waals surface area contributed by atoms with E-state index in [1.165, 1.54) is 0 Å². The molecule has 1 aliphatic rings. The smallest absolute Gasteiger partial charge is 0.229 e. The maximum Gasteiger partial charge on any atom is 0.229 e. The third-order valence-electron chi connectivity index (χ3n) is 3.84. The molecule has 2 aromatic rings. The van der Waals surface area contributed by atoms with Crippen LogP contribution < -0.4 is 10.2 Å². The highest BCUT2D eigenvalue weighted by Crippen LogP contribution is 2.31. The summed E-state index contributed by atoms with van der Waals surface area (Å²) >= 11 is 17.9. The van der Waals surface area contributed by atoms with Crippen molar-refractivity contribution in [3.63, 3.8) is 0 Å². The Kier molecular flexibility index (Phi) is 4.99. The van der Waals surface area contributed by atoms with E-state index >= 15 is 0 Å². The predicted octanol–water partition coefficient (Wildman–Crippen LogP) is 4.64. The number of para-hydroxylation sites is 1. The molecule has 1 fully saturated rings. The number of rotatable bonds is 3. The normalized spacial score (nSPS) is 17.2. The quantitative estimate of drug-likeness (QED) is 0.839. The van der Waals surface area contributed by atoms with Crippen LogP contribution in [0.15, 0.2) is 42.5 Å². The van der Waals surface area contributed by atoms with E-state index < -0.39 is 5.92 Å². The minimum absolute atomic E-state index is 0.132. The number of anilines is 2. The molecule has 0 bridgehead atoms. The second-order valence-electron chi connectivity index (χ2n) is 5.47. The highest BCUT2D eigenvalue weighted by Gasteiger charge is 2.35. The number of carbonyl (C=O) groups is 2. The monoisotopic (exact) mass is 382 g/mol. The summed E-state index contributed by atoms with van der Waals surface area (Å²) in [6.45, 7) is 0.285. The van der Waals surface area contributed by atoms with E-state index in [-0.39, 0.29) is 24.8 Å². The zero-order valence-electron chi connectivity index (χ0n) is 12.4. The lowest BCUT2D eigenvalue weighted by Crippen LogP contribution is -2.28. The minimum atomic E-state index is -0.455. The molecule has 1 heterocycles. The maximum atomic E-state index is 12.4. The van der Waals surface area contributed by atoms with Crippen molar-refractivity contribution in [3.8, 4) is 0 Å². The van der Waals surface area contributed by atoms with E-state index in [4.69, 9.17) is 34.8 Å². The number of hydrogen-bond acceptors (Lipinski definition) is 2. The summed E-state index contributed by atoms with van der Waals surface area (Å²) in [4.78, 5) is 26.2. The molecular weight excluding hydrogens is 371 g/mol. The lowest BCUT2D eigenvalue weighted by molar-refractivity contribution is -0.122. The van der Waals surface area contributed by atoms with Gasteiger partial charge in [0.15, 0.2) is 0 Å². The van der Waals surface area contributed by atoms with Gasteiger partial charge in [-0.25, -0.2) is 0 Å². The van der Waals surface area contributed by atoms with Crippen LogP contribution in [0.25, 0.3) is 0 Å². The Morgan fingerprint density at radius 1 is 1.04 bits per heavy atom. The summed E-state index contributed by atoms with van der Waals surface area (Å²) in [6, 6.07) is 11.9. The van der Waals surface area contributed by atoms with Gasteiger partial charge >= 0.3 is 0 Å². The average Bonchev–Trinajstić information content (AvgIpc) is 2.94. The number of carbonyl (C=O) groups excluding carboxylic acids is 2. The van der Waals surface area contributed by atoms with Crippen LogP contribution in [0.2, 0.25) is 15.1 Å². The number of hydrogen-bond donors (Lipinski definition) is 1. The predicted molar refractivity (Wildman–Crippen MR) is 97.0 cm³/mol. The molecule has 0 saturated carbocycles. The van der Waals surface area contributed by atoms with Crippen molar-refractivity contribution < 1.29 is 9.59 Å². The fourth-order valence-corrected chi connectivity index (χ4v) is 3.06. The Bertz CT molecular complexity index is 810. The van der Waals surface area contributed by atoms with Gasteiger partial charge in [0.25, 0.3) is 0 Å². The van der Waals surface area contributed by atoms with Crippen LogP contribution in [-0.4, -0.2) is 18.4 Å². The summed E-state index contributed by atoms with van der Waals surface area (Å²) in [6.07, 6.45) is 0.135. The van der Waals surface area contributed by atoms with Gasteiger partial charge in [-0.3, -0.25) is 9.59 Å². The van der Waals surface area contributed by atoms with Gasteiger partial charge in [-0.1, -0.05) is 46.9 Å². The molecule has 1 saturated heterocycles. The van der Waals surface area contributed by atoms with Gasteiger partial charge in [-0.05, 0) is 30.3 Å². The Morgan fingerprint density at radius 2 is 1.79 bits per heavy atom. The first-order valence-corrected chi connectivity index (χ1v) is 8.40. The summed E-state index contributed by atoms with van der Waals surface area (Å²) in [5.41, 5.74) is 1.16. The summed E-state index contributed by atoms with van der Waals surface area (Å²) in [5, 5.41) is 4.01. The van der Waals surface area contributed by atoms with Gasteiger partial charge < -0.3 is 10.2 Å². The van der Waals surface area contributed by atoms with Crippen LogP contribution in [-0.2, 0) is 9.59 Å². The maximum absolute atomic E-state index is 12.4. The second-order valence-corrected chi connectivity index (χ2v) is 6.69. The van der Waals surface area contributed by atoms with Crippen LogP contribution in [0.3, 0.4) is 0 Å². The standard InChI is InChI=1S/C17H13Cl3N2O2/c18-12-6-5-11(8-14(12)20)22-9-10(7-16(22)23)17(24)21-15-4-2-1-3-13(15)19/h1-6,8,10H,7,9H2,(H,21,24)/t10-/m0/s1. The Hall–Kier alpha value is -1.75. The zero-order valence-corrected chi connectivity index (χ0v) is 14.7. The van der Waals surface area contributed by atoms with Crippen LogP contribution in [0, 0.1) is 5.92 Å². The number of halogens is 3. The van der Waals surface area contributed by atoms with Gasteiger partial charge in [0, 0.05) is 18.7 Å². The molecule has 124 valence electrons. The Balaban J connectivity index is 1.73. The van der Waals surface area contributed by atoms with Crippen molar-refractivity contribution in [2.24, 2.45) is 5.92 Å².